The van der Waals surface area contributed by atoms with Crippen molar-refractivity contribution >= 4 is 43.5 Å². The predicted molar refractivity (Wildman–Crippen MR) is 260 cm³/mol. The maximum absolute atomic E-state index is 5.27. The lowest BCUT2D eigenvalue weighted by Crippen LogP contribution is -2.01. The van der Waals surface area contributed by atoms with Crippen LogP contribution in [-0.2, 0) is 0 Å². The second-order valence-corrected chi connectivity index (χ2v) is 15.8. The Morgan fingerprint density at radius 2 is 0.746 bits per heavy atom. The summed E-state index contributed by atoms with van der Waals surface area (Å²) in [4.78, 5) is 20.6. The Morgan fingerprint density at radius 3 is 1.43 bits per heavy atom. The normalized spacial score (nSPS) is 11.5. The van der Waals surface area contributed by atoms with E-state index in [2.05, 4.69) is 193 Å². The van der Waals surface area contributed by atoms with E-state index in [0.29, 0.717) is 17.5 Å². The summed E-state index contributed by atoms with van der Waals surface area (Å²) in [5, 5.41) is 5.65. The first-order valence-electron chi connectivity index (χ1n) is 21.2. The molecule has 5 heteroatoms. The average Bonchev–Trinajstić information content (AvgIpc) is 3.72. The smallest absolute Gasteiger partial charge is 0.164 e. The molecule has 5 nitrogen and oxygen atoms in total. The van der Waals surface area contributed by atoms with Crippen molar-refractivity contribution in [1.29, 1.82) is 0 Å². The number of pyridine rings is 1. The molecule has 0 aliphatic carbocycles. The Bertz CT molecular complexity index is 3640. The van der Waals surface area contributed by atoms with E-state index in [-0.39, 0.29) is 0 Å². The van der Waals surface area contributed by atoms with E-state index in [0.717, 1.165) is 88.4 Å². The van der Waals surface area contributed by atoms with Crippen molar-refractivity contribution in [1.82, 2.24) is 24.5 Å². The molecule has 0 N–H and O–H groups in total. The molecule has 0 aliphatic rings. The van der Waals surface area contributed by atoms with Crippen LogP contribution in [0, 0.1) is 0 Å². The number of hydrogen-bond donors (Lipinski definition) is 0. The van der Waals surface area contributed by atoms with Gasteiger partial charge in [-0.3, -0.25) is 0 Å². The zero-order valence-electron chi connectivity index (χ0n) is 34.1. The highest BCUT2D eigenvalue weighted by atomic mass is 15.0. The molecular weight excluding hydrogens is 767 g/mol. The van der Waals surface area contributed by atoms with E-state index in [1.165, 1.54) is 10.9 Å². The molecule has 0 atom stereocenters. The molecule has 0 amide bonds. The van der Waals surface area contributed by atoms with E-state index in [1.54, 1.807) is 0 Å². The van der Waals surface area contributed by atoms with Gasteiger partial charge in [0, 0.05) is 44.1 Å². The van der Waals surface area contributed by atoms with Crippen molar-refractivity contribution in [2.24, 2.45) is 0 Å². The molecule has 3 aromatic heterocycles. The quantitative estimate of drug-likeness (QED) is 0.161. The molecule has 0 aliphatic heterocycles. The lowest BCUT2D eigenvalue weighted by molar-refractivity contribution is 1.08. The van der Waals surface area contributed by atoms with Crippen LogP contribution in [0.25, 0.3) is 117 Å². The van der Waals surface area contributed by atoms with E-state index in [4.69, 9.17) is 19.9 Å². The van der Waals surface area contributed by atoms with Crippen molar-refractivity contribution in [3.8, 4) is 73.4 Å². The van der Waals surface area contributed by atoms with Crippen LogP contribution in [0.1, 0.15) is 0 Å². The van der Waals surface area contributed by atoms with Gasteiger partial charge in [-0.05, 0) is 63.4 Å². The third-order valence-corrected chi connectivity index (χ3v) is 12.1. The summed E-state index contributed by atoms with van der Waals surface area (Å²) >= 11 is 0. The van der Waals surface area contributed by atoms with Gasteiger partial charge < -0.3 is 4.57 Å². The van der Waals surface area contributed by atoms with Crippen molar-refractivity contribution < 1.29 is 0 Å². The van der Waals surface area contributed by atoms with Gasteiger partial charge in [-0.1, -0.05) is 194 Å². The summed E-state index contributed by atoms with van der Waals surface area (Å²) in [6.45, 7) is 0. The van der Waals surface area contributed by atoms with Crippen LogP contribution in [-0.4, -0.2) is 24.5 Å². The summed E-state index contributed by atoms with van der Waals surface area (Å²) in [7, 11) is 0. The van der Waals surface area contributed by atoms with Crippen molar-refractivity contribution in [3.05, 3.63) is 224 Å². The van der Waals surface area contributed by atoms with Crippen LogP contribution in [0.5, 0.6) is 0 Å². The number of rotatable bonds is 7. The minimum absolute atomic E-state index is 0.631. The fourth-order valence-electron chi connectivity index (χ4n) is 9.08. The first-order chi connectivity index (χ1) is 31.2. The molecule has 12 rings (SSSR count). The zero-order valence-corrected chi connectivity index (χ0v) is 34.1. The van der Waals surface area contributed by atoms with Gasteiger partial charge in [-0.2, -0.15) is 0 Å². The summed E-state index contributed by atoms with van der Waals surface area (Å²) in [6, 6.07) is 78.6. The molecule has 63 heavy (non-hydrogen) atoms. The van der Waals surface area contributed by atoms with Crippen molar-refractivity contribution in [2.45, 2.75) is 0 Å². The molecule has 0 saturated carbocycles. The number of nitrogens with zero attached hydrogens (tertiary/aromatic N) is 5. The maximum Gasteiger partial charge on any atom is 0.164 e. The largest absolute Gasteiger partial charge is 0.308 e. The van der Waals surface area contributed by atoms with Crippen LogP contribution in [0.3, 0.4) is 0 Å². The molecule has 9 aromatic carbocycles. The highest BCUT2D eigenvalue weighted by Gasteiger charge is 2.21. The van der Waals surface area contributed by atoms with Gasteiger partial charge in [0.25, 0.3) is 0 Å². The Labute approximate surface area is 364 Å². The van der Waals surface area contributed by atoms with Crippen LogP contribution in [0.2, 0.25) is 0 Å². The van der Waals surface area contributed by atoms with Crippen LogP contribution < -0.4 is 0 Å². The van der Waals surface area contributed by atoms with Crippen LogP contribution in [0.4, 0.5) is 0 Å². The third-order valence-electron chi connectivity index (χ3n) is 12.1. The minimum Gasteiger partial charge on any atom is -0.308 e. The van der Waals surface area contributed by atoms with Crippen LogP contribution >= 0.6 is 0 Å². The lowest BCUT2D eigenvalue weighted by atomic mass is 9.94. The molecule has 294 valence electrons. The summed E-state index contributed by atoms with van der Waals surface area (Å²) in [5.74, 6) is 1.90. The molecule has 0 saturated heterocycles. The summed E-state index contributed by atoms with van der Waals surface area (Å²) in [6.07, 6.45) is 0. The Hall–Kier alpha value is -8.54. The van der Waals surface area contributed by atoms with Gasteiger partial charge in [0.1, 0.15) is 0 Å². The second kappa shape index (κ2) is 15.2. The summed E-state index contributed by atoms with van der Waals surface area (Å²) in [5.41, 5.74) is 13.8. The second-order valence-electron chi connectivity index (χ2n) is 15.8. The fourth-order valence-corrected chi connectivity index (χ4v) is 9.08. The van der Waals surface area contributed by atoms with Crippen molar-refractivity contribution in [2.75, 3.05) is 0 Å². The molecule has 0 bridgehead atoms. The Morgan fingerprint density at radius 1 is 0.286 bits per heavy atom. The molecule has 0 fully saturated rings. The minimum atomic E-state index is 0.631. The number of para-hydroxylation sites is 2. The van der Waals surface area contributed by atoms with Crippen molar-refractivity contribution in [3.63, 3.8) is 0 Å². The average molecular weight is 804 g/mol. The lowest BCUT2D eigenvalue weighted by Gasteiger charge is -2.14. The number of fused-ring (bicyclic) bond motifs is 6. The molecule has 0 radical (unpaired) electrons. The third kappa shape index (κ3) is 6.34. The SMILES string of the molecule is c1ccc(-c2ccc(-c3nc(-c4ccccc4)nc(-c4ccc(-c5ccc(-n6c7ccccc7c7c(-c8ccccc8)nc8ccccc8c76)cc5)c5ccccc45)n3)cc2)cc1. The number of hydrogen-bond acceptors (Lipinski definition) is 4. The highest BCUT2D eigenvalue weighted by molar-refractivity contribution is 6.22. The van der Waals surface area contributed by atoms with E-state index in [1.807, 2.05) is 36.4 Å². The molecule has 12 aromatic rings. The zero-order chi connectivity index (χ0) is 41.7. The predicted octanol–water partition coefficient (Wildman–Crippen LogP) is 14.7. The van der Waals surface area contributed by atoms with Gasteiger partial charge >= 0.3 is 0 Å². The van der Waals surface area contributed by atoms with Gasteiger partial charge in [0.05, 0.1) is 22.2 Å². The Kier molecular flexibility index (Phi) is 8.75. The first-order valence-corrected chi connectivity index (χ1v) is 21.2. The monoisotopic (exact) mass is 803 g/mol. The van der Waals surface area contributed by atoms with Crippen LogP contribution in [0.15, 0.2) is 224 Å². The highest BCUT2D eigenvalue weighted by Crippen LogP contribution is 2.42. The van der Waals surface area contributed by atoms with Gasteiger partial charge in [0.15, 0.2) is 17.5 Å². The maximum atomic E-state index is 5.27. The fraction of sp³-hybridized carbons (Fsp3) is 0. The topological polar surface area (TPSA) is 56.5 Å². The standard InChI is InChI=1S/C58H37N5/c1-4-16-38(17-5-1)39-28-30-43(31-29-39)57-60-56(42-20-8-3-9-21-42)61-58(62-57)48-37-36-45(46-22-10-11-23-47(46)48)40-32-34-44(35-33-40)63-52-27-15-13-25-50(52)53-54(41-18-6-2-7-19-41)59-51-26-14-12-24-49(51)55(53)63/h1-37H. The van der Waals surface area contributed by atoms with E-state index >= 15 is 0 Å². The molecule has 3 heterocycles. The number of aromatic nitrogens is 5. The van der Waals surface area contributed by atoms with Gasteiger partial charge in [0.2, 0.25) is 0 Å². The summed E-state index contributed by atoms with van der Waals surface area (Å²) < 4.78 is 2.41. The van der Waals surface area contributed by atoms with E-state index in [9.17, 15) is 0 Å². The Balaban J connectivity index is 0.980. The molecule has 0 spiro atoms. The van der Waals surface area contributed by atoms with E-state index < -0.39 is 0 Å². The van der Waals surface area contributed by atoms with Gasteiger partial charge in [-0.15, -0.1) is 0 Å². The molecule has 0 unspecified atom stereocenters. The number of benzene rings is 9. The first kappa shape index (κ1) is 36.3. The molecular formula is C58H37N5. The van der Waals surface area contributed by atoms with Gasteiger partial charge in [-0.25, -0.2) is 19.9 Å².